The molecule has 4 nitrogen and oxygen atoms in total. The number of nitrogens with zero attached hydrogens (tertiary/aromatic N) is 1. The molecule has 1 saturated heterocycles. The van der Waals surface area contributed by atoms with E-state index < -0.39 is 6.10 Å². The van der Waals surface area contributed by atoms with Crippen molar-refractivity contribution in [3.63, 3.8) is 0 Å². The number of halogens is 2. The first-order valence-corrected chi connectivity index (χ1v) is 9.75. The summed E-state index contributed by atoms with van der Waals surface area (Å²) in [5.74, 6) is -1.10. The zero-order valence-corrected chi connectivity index (χ0v) is 16.1. The minimum atomic E-state index is -0.807. The molecule has 3 atom stereocenters. The van der Waals surface area contributed by atoms with E-state index in [0.29, 0.717) is 24.1 Å². The number of phenols is 1. The zero-order chi connectivity index (χ0) is 21.3. The maximum Gasteiger partial charge on any atom is 0.233 e. The fraction of sp³-hybridized carbons (Fsp3) is 0.208. The number of hydrogen-bond acceptors (Lipinski definition) is 3. The fourth-order valence-electron chi connectivity index (χ4n) is 3.96. The lowest BCUT2D eigenvalue weighted by Gasteiger charge is -2.48. The molecule has 4 rings (SSSR count). The van der Waals surface area contributed by atoms with Crippen molar-refractivity contribution in [3.8, 4) is 5.75 Å². The van der Waals surface area contributed by atoms with Crippen molar-refractivity contribution < 1.29 is 23.8 Å². The summed E-state index contributed by atoms with van der Waals surface area (Å²) in [7, 11) is 0. The highest BCUT2D eigenvalue weighted by atomic mass is 19.1. The van der Waals surface area contributed by atoms with Crippen LogP contribution in [0.4, 0.5) is 14.5 Å². The van der Waals surface area contributed by atoms with E-state index >= 15 is 0 Å². The Morgan fingerprint density at radius 3 is 2.03 bits per heavy atom. The van der Waals surface area contributed by atoms with Gasteiger partial charge in [-0.2, -0.15) is 0 Å². The molecule has 30 heavy (non-hydrogen) atoms. The third-order valence-corrected chi connectivity index (χ3v) is 5.56. The predicted octanol–water partition coefficient (Wildman–Crippen LogP) is 4.89. The fourth-order valence-corrected chi connectivity index (χ4v) is 3.96. The topological polar surface area (TPSA) is 60.8 Å². The van der Waals surface area contributed by atoms with Crippen molar-refractivity contribution >= 4 is 11.6 Å². The molecule has 0 aromatic heterocycles. The van der Waals surface area contributed by atoms with Crippen molar-refractivity contribution in [1.82, 2.24) is 0 Å². The first-order valence-electron chi connectivity index (χ1n) is 9.75. The van der Waals surface area contributed by atoms with Crippen LogP contribution in [0, 0.1) is 17.6 Å². The largest absolute Gasteiger partial charge is 0.508 e. The van der Waals surface area contributed by atoms with Crippen LogP contribution < -0.4 is 4.90 Å². The van der Waals surface area contributed by atoms with Crippen LogP contribution in [0.1, 0.15) is 36.1 Å². The number of rotatable bonds is 6. The lowest BCUT2D eigenvalue weighted by atomic mass is 9.78. The monoisotopic (exact) mass is 409 g/mol. The van der Waals surface area contributed by atoms with Crippen LogP contribution in [-0.2, 0) is 4.79 Å². The number of carbonyl (C=O) groups excluding carboxylic acids is 1. The second-order valence-electron chi connectivity index (χ2n) is 7.47. The smallest absolute Gasteiger partial charge is 0.233 e. The van der Waals surface area contributed by atoms with Gasteiger partial charge in [0.05, 0.1) is 18.1 Å². The Bertz CT molecular complexity index is 1020. The van der Waals surface area contributed by atoms with E-state index in [1.165, 1.54) is 36.4 Å². The Balaban J connectivity index is 1.55. The molecule has 0 radical (unpaired) electrons. The summed E-state index contributed by atoms with van der Waals surface area (Å²) in [5, 5.41) is 20.1. The molecule has 1 heterocycles. The van der Waals surface area contributed by atoms with Crippen LogP contribution in [-0.4, -0.2) is 16.1 Å². The van der Waals surface area contributed by atoms with Gasteiger partial charge in [-0.15, -0.1) is 0 Å². The van der Waals surface area contributed by atoms with E-state index in [4.69, 9.17) is 0 Å². The van der Waals surface area contributed by atoms with E-state index in [1.807, 2.05) is 0 Å². The Labute approximate surface area is 173 Å². The average Bonchev–Trinajstić information content (AvgIpc) is 2.74. The number of aliphatic hydroxyl groups is 1. The van der Waals surface area contributed by atoms with Crippen molar-refractivity contribution in [2.75, 3.05) is 4.90 Å². The quantitative estimate of drug-likeness (QED) is 0.570. The molecule has 0 saturated carbocycles. The molecule has 1 amide bonds. The SMILES string of the molecule is O=C1[C@H](CC[C@@H](O)c2ccc(F)cc2)[C@H](c2ccc(O)cc2)N1c1ccc(F)cc1. The summed E-state index contributed by atoms with van der Waals surface area (Å²) < 4.78 is 26.4. The number of β-lactam (4-membered cyclic amide) rings is 1. The molecule has 0 aliphatic carbocycles. The van der Waals surface area contributed by atoms with Gasteiger partial charge >= 0.3 is 0 Å². The summed E-state index contributed by atoms with van der Waals surface area (Å²) >= 11 is 0. The molecule has 1 aliphatic heterocycles. The van der Waals surface area contributed by atoms with Gasteiger partial charge in [-0.05, 0) is 72.5 Å². The third-order valence-electron chi connectivity index (χ3n) is 5.56. The number of benzene rings is 3. The van der Waals surface area contributed by atoms with Crippen molar-refractivity contribution in [2.45, 2.75) is 25.0 Å². The summed E-state index contributed by atoms with van der Waals surface area (Å²) in [6, 6.07) is 17.7. The Morgan fingerprint density at radius 1 is 0.867 bits per heavy atom. The van der Waals surface area contributed by atoms with Crippen LogP contribution in [0.25, 0.3) is 0 Å². The highest BCUT2D eigenvalue weighted by Crippen LogP contribution is 2.46. The van der Waals surface area contributed by atoms with Crippen molar-refractivity contribution in [1.29, 1.82) is 0 Å². The van der Waals surface area contributed by atoms with Crippen LogP contribution in [0.3, 0.4) is 0 Å². The number of carbonyl (C=O) groups is 1. The standard InChI is InChI=1S/C24H21F2NO3/c25-17-5-1-15(2-6-17)22(29)14-13-21-23(16-3-11-20(28)12-4-16)27(24(21)30)19-9-7-18(26)8-10-19/h1-12,21-23,28-29H,13-14H2/t21-,22-,23+/m1/s1. The first kappa shape index (κ1) is 20.0. The van der Waals surface area contributed by atoms with Crippen LogP contribution in [0.5, 0.6) is 5.75 Å². The van der Waals surface area contributed by atoms with Gasteiger partial charge in [0.2, 0.25) is 5.91 Å². The third kappa shape index (κ3) is 3.91. The van der Waals surface area contributed by atoms with E-state index in [9.17, 15) is 23.8 Å². The van der Waals surface area contributed by atoms with Gasteiger partial charge in [-0.1, -0.05) is 24.3 Å². The van der Waals surface area contributed by atoms with E-state index in [-0.39, 0.29) is 35.3 Å². The second-order valence-corrected chi connectivity index (χ2v) is 7.47. The number of hydrogen-bond donors (Lipinski definition) is 2. The number of phenolic OH excluding ortho intramolecular Hbond substituents is 1. The molecule has 154 valence electrons. The van der Waals surface area contributed by atoms with E-state index in [1.54, 1.807) is 41.3 Å². The van der Waals surface area contributed by atoms with E-state index in [0.717, 1.165) is 5.56 Å². The molecule has 1 fully saturated rings. The summed E-state index contributed by atoms with van der Waals surface area (Å²) in [4.78, 5) is 14.6. The maximum absolute atomic E-state index is 13.3. The molecule has 1 aliphatic rings. The summed E-state index contributed by atoms with van der Waals surface area (Å²) in [6.45, 7) is 0. The van der Waals surface area contributed by atoms with Crippen LogP contribution >= 0.6 is 0 Å². The Hall–Kier alpha value is -3.25. The number of amides is 1. The molecule has 3 aromatic rings. The zero-order valence-electron chi connectivity index (χ0n) is 16.1. The summed E-state index contributed by atoms with van der Waals surface area (Å²) in [6.07, 6.45) is -0.0344. The van der Waals surface area contributed by atoms with Crippen LogP contribution in [0.15, 0.2) is 72.8 Å². The normalized spacial score (nSPS) is 19.4. The first-order chi connectivity index (χ1) is 14.4. The Morgan fingerprint density at radius 2 is 1.43 bits per heavy atom. The van der Waals surface area contributed by atoms with Gasteiger partial charge in [0, 0.05) is 5.69 Å². The maximum atomic E-state index is 13.3. The minimum Gasteiger partial charge on any atom is -0.508 e. The van der Waals surface area contributed by atoms with Crippen molar-refractivity contribution in [2.24, 2.45) is 5.92 Å². The molecular formula is C24H21F2NO3. The molecule has 0 spiro atoms. The van der Waals surface area contributed by atoms with Crippen LogP contribution in [0.2, 0.25) is 0 Å². The molecule has 3 aromatic carbocycles. The summed E-state index contributed by atoms with van der Waals surface area (Å²) in [5.41, 5.74) is 2.03. The highest BCUT2D eigenvalue weighted by molar-refractivity contribution is 6.03. The molecular weight excluding hydrogens is 388 g/mol. The highest BCUT2D eigenvalue weighted by Gasteiger charge is 2.48. The molecule has 0 unspecified atom stereocenters. The van der Waals surface area contributed by atoms with Gasteiger partial charge in [-0.3, -0.25) is 4.79 Å². The average molecular weight is 409 g/mol. The lowest BCUT2D eigenvalue weighted by molar-refractivity contribution is -0.131. The number of aliphatic hydroxyl groups excluding tert-OH is 1. The lowest BCUT2D eigenvalue weighted by Crippen LogP contribution is -2.55. The van der Waals surface area contributed by atoms with E-state index in [2.05, 4.69) is 0 Å². The molecule has 2 N–H and O–H groups in total. The minimum absolute atomic E-state index is 0.106. The number of aromatic hydroxyl groups is 1. The molecule has 6 heteroatoms. The van der Waals surface area contributed by atoms with Crippen molar-refractivity contribution in [3.05, 3.63) is 95.6 Å². The van der Waals surface area contributed by atoms with Gasteiger partial charge < -0.3 is 15.1 Å². The number of anilines is 1. The second kappa shape index (κ2) is 8.24. The van der Waals surface area contributed by atoms with Gasteiger partial charge in [0.25, 0.3) is 0 Å². The molecule has 0 bridgehead atoms. The Kier molecular flexibility index (Phi) is 5.50. The van der Waals surface area contributed by atoms with Gasteiger partial charge in [0.1, 0.15) is 17.4 Å². The predicted molar refractivity (Wildman–Crippen MR) is 109 cm³/mol. The van der Waals surface area contributed by atoms with Gasteiger partial charge in [0.15, 0.2) is 0 Å². The van der Waals surface area contributed by atoms with Gasteiger partial charge in [-0.25, -0.2) is 8.78 Å².